The quantitative estimate of drug-likeness (QED) is 0.358. The fourth-order valence-corrected chi connectivity index (χ4v) is 6.61. The van der Waals surface area contributed by atoms with E-state index in [4.69, 9.17) is 19.9 Å². The first-order valence-corrected chi connectivity index (χ1v) is 15.2. The van der Waals surface area contributed by atoms with Crippen molar-refractivity contribution in [2.45, 2.75) is 57.5 Å². The van der Waals surface area contributed by atoms with Crippen molar-refractivity contribution in [3.05, 3.63) is 47.5 Å². The molecular weight excluding hydrogens is 552 g/mol. The fourth-order valence-electron chi connectivity index (χ4n) is 6.61. The Kier molecular flexibility index (Phi) is 9.72. The summed E-state index contributed by atoms with van der Waals surface area (Å²) in [7, 11) is 1.54. The number of aliphatic carboxylic acids is 1. The largest absolute Gasteiger partial charge is 0.493 e. The van der Waals surface area contributed by atoms with Crippen LogP contribution in [0.25, 0.3) is 0 Å². The van der Waals surface area contributed by atoms with Gasteiger partial charge in [0.05, 0.1) is 19.6 Å². The molecule has 3 aliphatic heterocycles. The number of carbonyl (C=O) groups is 3. The second-order valence-electron chi connectivity index (χ2n) is 11.5. The number of carboxylic acids is 1. The SMILES string of the molecule is CCCCN(C(=O)CN1C[C@H](c2cc(OC)c3c(c2)OCO3)C(C(=O)O)[C@@H]1CCN1CCCC1=O)c1cccc(CN)c1. The lowest BCUT2D eigenvalue weighted by Gasteiger charge is -2.31. The van der Waals surface area contributed by atoms with Crippen LogP contribution in [-0.2, 0) is 20.9 Å². The predicted octanol–water partition coefficient (Wildman–Crippen LogP) is 3.20. The smallest absolute Gasteiger partial charge is 0.308 e. The van der Waals surface area contributed by atoms with E-state index in [1.54, 1.807) is 4.90 Å². The van der Waals surface area contributed by atoms with Gasteiger partial charge in [0.15, 0.2) is 11.5 Å². The Hall–Kier alpha value is -3.83. The third-order valence-electron chi connectivity index (χ3n) is 8.84. The van der Waals surface area contributed by atoms with Crippen molar-refractivity contribution in [2.75, 3.05) is 51.5 Å². The zero-order valence-corrected chi connectivity index (χ0v) is 25.0. The summed E-state index contributed by atoms with van der Waals surface area (Å²) < 4.78 is 16.8. The minimum atomic E-state index is -0.937. The molecule has 0 spiro atoms. The third kappa shape index (κ3) is 6.57. The highest BCUT2D eigenvalue weighted by Crippen LogP contribution is 2.47. The van der Waals surface area contributed by atoms with Crippen LogP contribution in [0.15, 0.2) is 36.4 Å². The number of amides is 2. The number of carbonyl (C=O) groups excluding carboxylic acids is 2. The van der Waals surface area contributed by atoms with Crippen LogP contribution < -0.4 is 24.8 Å². The van der Waals surface area contributed by atoms with Crippen molar-refractivity contribution < 1.29 is 33.7 Å². The van der Waals surface area contributed by atoms with Crippen LogP contribution in [0.3, 0.4) is 0 Å². The zero-order valence-electron chi connectivity index (χ0n) is 25.0. The molecule has 3 atom stereocenters. The van der Waals surface area contributed by atoms with Crippen LogP contribution in [0.2, 0.25) is 0 Å². The molecule has 0 aromatic heterocycles. The third-order valence-corrected chi connectivity index (χ3v) is 8.84. The molecule has 43 heavy (non-hydrogen) atoms. The molecule has 5 rings (SSSR count). The molecule has 0 aliphatic carbocycles. The van der Waals surface area contributed by atoms with Gasteiger partial charge in [0.2, 0.25) is 24.4 Å². The van der Waals surface area contributed by atoms with Gasteiger partial charge in [-0.2, -0.15) is 0 Å². The highest BCUT2D eigenvalue weighted by molar-refractivity contribution is 5.95. The molecule has 3 N–H and O–H groups in total. The molecule has 1 unspecified atom stereocenters. The molecule has 2 amide bonds. The summed E-state index contributed by atoms with van der Waals surface area (Å²) in [5.41, 5.74) is 8.36. The van der Waals surface area contributed by atoms with Crippen molar-refractivity contribution in [1.29, 1.82) is 0 Å². The van der Waals surface area contributed by atoms with Crippen LogP contribution in [0.4, 0.5) is 5.69 Å². The van der Waals surface area contributed by atoms with Gasteiger partial charge in [-0.1, -0.05) is 25.5 Å². The molecule has 3 aliphatic rings. The molecular formula is C32H42N4O7. The van der Waals surface area contributed by atoms with Crippen LogP contribution in [-0.4, -0.2) is 85.4 Å². The lowest BCUT2D eigenvalue weighted by Crippen LogP contribution is -2.45. The lowest BCUT2D eigenvalue weighted by molar-refractivity contribution is -0.143. The Labute approximate surface area is 252 Å². The Balaban J connectivity index is 1.46. The molecule has 0 saturated carbocycles. The molecule has 2 aromatic carbocycles. The fraction of sp³-hybridized carbons (Fsp3) is 0.531. The van der Waals surface area contributed by atoms with E-state index in [1.807, 2.05) is 46.2 Å². The van der Waals surface area contributed by atoms with Gasteiger partial charge in [0.1, 0.15) is 0 Å². The maximum atomic E-state index is 14.0. The van der Waals surface area contributed by atoms with E-state index in [9.17, 15) is 19.5 Å². The summed E-state index contributed by atoms with van der Waals surface area (Å²) >= 11 is 0. The average Bonchev–Trinajstić information content (AvgIpc) is 3.74. The highest BCUT2D eigenvalue weighted by Gasteiger charge is 2.48. The van der Waals surface area contributed by atoms with Gasteiger partial charge < -0.3 is 34.9 Å². The summed E-state index contributed by atoms with van der Waals surface area (Å²) in [5, 5.41) is 10.6. The molecule has 0 bridgehead atoms. The van der Waals surface area contributed by atoms with E-state index >= 15 is 0 Å². The monoisotopic (exact) mass is 594 g/mol. The second-order valence-corrected chi connectivity index (χ2v) is 11.5. The highest BCUT2D eigenvalue weighted by atomic mass is 16.7. The number of methoxy groups -OCH3 is 1. The molecule has 3 heterocycles. The van der Waals surface area contributed by atoms with Crippen molar-refractivity contribution in [1.82, 2.24) is 9.80 Å². The standard InChI is InChI=1S/C32H42N4O7/c1-3-4-12-36(23-8-5-7-21(14-23)17-33)29(38)19-35-18-24(22-15-26(41-2)31-27(16-22)42-20-43-31)30(32(39)40)25(35)10-13-34-11-6-9-28(34)37/h5,7-8,14-16,24-25,30H,3-4,6,9-13,17-20,33H2,1-2H3,(H,39,40)/t24-,25+,30?/m1/s1. The summed E-state index contributed by atoms with van der Waals surface area (Å²) in [6.07, 6.45) is 3.53. The van der Waals surface area contributed by atoms with Crippen LogP contribution >= 0.6 is 0 Å². The predicted molar refractivity (Wildman–Crippen MR) is 160 cm³/mol. The van der Waals surface area contributed by atoms with Gasteiger partial charge in [-0.15, -0.1) is 0 Å². The minimum Gasteiger partial charge on any atom is -0.493 e. The maximum Gasteiger partial charge on any atom is 0.308 e. The minimum absolute atomic E-state index is 0.0527. The summed E-state index contributed by atoms with van der Waals surface area (Å²) in [6, 6.07) is 10.9. The van der Waals surface area contributed by atoms with Crippen LogP contribution in [0.5, 0.6) is 17.2 Å². The molecule has 2 aromatic rings. The van der Waals surface area contributed by atoms with E-state index in [-0.39, 0.29) is 25.2 Å². The number of unbranched alkanes of at least 4 members (excludes halogenated alkanes) is 1. The number of nitrogens with zero attached hydrogens (tertiary/aromatic N) is 3. The number of fused-ring (bicyclic) bond motifs is 1. The van der Waals surface area contributed by atoms with Gasteiger partial charge in [0.25, 0.3) is 0 Å². The first kappa shape index (κ1) is 30.6. The topological polar surface area (TPSA) is 135 Å². The number of anilines is 1. The Bertz CT molecular complexity index is 1330. The normalized spacial score (nSPS) is 21.4. The first-order chi connectivity index (χ1) is 20.8. The number of rotatable bonds is 13. The summed E-state index contributed by atoms with van der Waals surface area (Å²) in [4.78, 5) is 45.0. The summed E-state index contributed by atoms with van der Waals surface area (Å²) in [5.74, 6) is -0.691. The molecule has 2 saturated heterocycles. The molecule has 11 heteroatoms. The van der Waals surface area contributed by atoms with Crippen molar-refractivity contribution in [2.24, 2.45) is 11.7 Å². The zero-order chi connectivity index (χ0) is 30.5. The number of likely N-dealkylation sites (tertiary alicyclic amines) is 2. The van der Waals surface area contributed by atoms with E-state index in [0.717, 1.165) is 36.1 Å². The Morgan fingerprint density at radius 3 is 2.74 bits per heavy atom. The van der Waals surface area contributed by atoms with Crippen LogP contribution in [0, 0.1) is 5.92 Å². The average molecular weight is 595 g/mol. The van der Waals surface area contributed by atoms with Gasteiger partial charge in [0, 0.05) is 56.8 Å². The van der Waals surface area contributed by atoms with Crippen molar-refractivity contribution >= 4 is 23.5 Å². The molecule has 232 valence electrons. The lowest BCUT2D eigenvalue weighted by atomic mass is 9.84. The second kappa shape index (κ2) is 13.6. The number of hydrogen-bond acceptors (Lipinski definition) is 8. The van der Waals surface area contributed by atoms with E-state index in [1.165, 1.54) is 7.11 Å². The van der Waals surface area contributed by atoms with Crippen molar-refractivity contribution in [3.63, 3.8) is 0 Å². The first-order valence-electron chi connectivity index (χ1n) is 15.2. The number of ether oxygens (including phenoxy) is 3. The van der Waals surface area contributed by atoms with Gasteiger partial charge in [-0.25, -0.2) is 0 Å². The van der Waals surface area contributed by atoms with Gasteiger partial charge in [-0.3, -0.25) is 19.3 Å². The molecule has 11 nitrogen and oxygen atoms in total. The number of nitrogens with two attached hydrogens (primary N) is 1. The van der Waals surface area contributed by atoms with Crippen molar-refractivity contribution in [3.8, 4) is 17.2 Å². The van der Waals surface area contributed by atoms with E-state index in [2.05, 4.69) is 6.92 Å². The Morgan fingerprint density at radius 1 is 1.21 bits per heavy atom. The van der Waals surface area contributed by atoms with Crippen LogP contribution in [0.1, 0.15) is 56.1 Å². The van der Waals surface area contributed by atoms with E-state index in [0.29, 0.717) is 62.8 Å². The maximum absolute atomic E-state index is 14.0. The number of hydrogen-bond donors (Lipinski definition) is 2. The number of benzene rings is 2. The molecule has 0 radical (unpaired) electrons. The summed E-state index contributed by atoms with van der Waals surface area (Å²) in [6.45, 7) is 4.60. The number of carboxylic acid groups (broad SMARTS) is 1. The van der Waals surface area contributed by atoms with Gasteiger partial charge in [-0.05, 0) is 54.7 Å². The van der Waals surface area contributed by atoms with E-state index < -0.39 is 23.8 Å². The molecule has 2 fully saturated rings. The van der Waals surface area contributed by atoms with Gasteiger partial charge >= 0.3 is 5.97 Å². The Morgan fingerprint density at radius 2 is 2.05 bits per heavy atom.